The van der Waals surface area contributed by atoms with Crippen LogP contribution in [0.4, 0.5) is 0 Å². The van der Waals surface area contributed by atoms with Gasteiger partial charge in [0.05, 0.1) is 35.6 Å². The second-order valence-corrected chi connectivity index (χ2v) is 13.3. The van der Waals surface area contributed by atoms with Crippen molar-refractivity contribution in [3.8, 4) is 22.1 Å². The molecule has 1 aliphatic rings. The topological polar surface area (TPSA) is 81.0 Å². The molecule has 7 heteroatoms. The number of thiazole rings is 1. The monoisotopic (exact) mass is 587 g/mol. The average molecular weight is 588 g/mol. The van der Waals surface area contributed by atoms with Gasteiger partial charge in [0.25, 0.3) is 0 Å². The lowest BCUT2D eigenvalue weighted by molar-refractivity contribution is 0.0652. The fourth-order valence-electron chi connectivity index (χ4n) is 5.81. The molecule has 5 rings (SSSR count). The molecule has 1 aliphatic heterocycles. The van der Waals surface area contributed by atoms with E-state index in [2.05, 4.69) is 32.7 Å². The minimum Gasteiger partial charge on any atom is -0.508 e. The highest BCUT2D eigenvalue weighted by molar-refractivity contribution is 7.21. The lowest BCUT2D eigenvalue weighted by Crippen LogP contribution is -2.31. The number of aromatic nitrogens is 1. The molecule has 0 unspecified atom stereocenters. The van der Waals surface area contributed by atoms with Gasteiger partial charge in [0, 0.05) is 29.6 Å². The van der Waals surface area contributed by atoms with E-state index in [1.807, 2.05) is 48.5 Å². The van der Waals surface area contributed by atoms with Crippen molar-refractivity contribution in [1.29, 1.82) is 0 Å². The van der Waals surface area contributed by atoms with E-state index >= 15 is 0 Å². The minimum atomic E-state index is -0.210. The third-order valence-electron chi connectivity index (χ3n) is 7.66. The van der Waals surface area contributed by atoms with Crippen molar-refractivity contribution < 1.29 is 24.4 Å². The summed E-state index contributed by atoms with van der Waals surface area (Å²) >= 11 is 1.58. The normalized spacial score (nSPS) is 15.0. The zero-order chi connectivity index (χ0) is 29.7. The number of hydrogen-bond acceptors (Lipinski definition) is 7. The Bertz CT molecular complexity index is 1520. The van der Waals surface area contributed by atoms with Crippen molar-refractivity contribution in [2.24, 2.45) is 10.8 Å². The van der Waals surface area contributed by atoms with Gasteiger partial charge in [-0.15, -0.1) is 11.3 Å². The molecule has 0 atom stereocenters. The summed E-state index contributed by atoms with van der Waals surface area (Å²) < 4.78 is 19.3. The second-order valence-electron chi connectivity index (χ2n) is 12.3. The third-order valence-corrected chi connectivity index (χ3v) is 8.73. The molecule has 0 fully saturated rings. The molecule has 42 heavy (non-hydrogen) atoms. The largest absolute Gasteiger partial charge is 0.508 e. The first-order valence-electron chi connectivity index (χ1n) is 14.6. The summed E-state index contributed by atoms with van der Waals surface area (Å²) in [6.45, 7) is 11.9. The number of fused-ring (bicyclic) bond motifs is 1. The SMILES string of the molecule is CC(C)(COCCCCCOCc1ccc(-c2nc3ccccc3s2)c(O)c1)C1=C(c2cccc(O)c2)OCC1(C)C. The van der Waals surface area contributed by atoms with Gasteiger partial charge in [0.2, 0.25) is 0 Å². The molecular weight excluding hydrogens is 546 g/mol. The number of rotatable bonds is 13. The number of para-hydroxylation sites is 1. The van der Waals surface area contributed by atoms with Gasteiger partial charge in [-0.2, -0.15) is 0 Å². The van der Waals surface area contributed by atoms with Crippen molar-refractivity contribution >= 4 is 27.3 Å². The van der Waals surface area contributed by atoms with Gasteiger partial charge >= 0.3 is 0 Å². The summed E-state index contributed by atoms with van der Waals surface area (Å²) in [5.74, 6) is 1.33. The summed E-state index contributed by atoms with van der Waals surface area (Å²) in [5, 5.41) is 21.4. The van der Waals surface area contributed by atoms with E-state index in [-0.39, 0.29) is 22.3 Å². The minimum absolute atomic E-state index is 0.113. The van der Waals surface area contributed by atoms with Crippen LogP contribution >= 0.6 is 11.3 Å². The Morgan fingerprint density at radius 3 is 2.48 bits per heavy atom. The van der Waals surface area contributed by atoms with Crippen LogP contribution in [0.5, 0.6) is 11.5 Å². The van der Waals surface area contributed by atoms with E-state index < -0.39 is 0 Å². The third kappa shape index (κ3) is 6.97. The van der Waals surface area contributed by atoms with Crippen molar-refractivity contribution in [2.45, 2.75) is 53.6 Å². The Labute approximate surface area is 252 Å². The van der Waals surface area contributed by atoms with Gasteiger partial charge in [-0.25, -0.2) is 4.98 Å². The van der Waals surface area contributed by atoms with E-state index in [1.165, 1.54) is 5.57 Å². The lowest BCUT2D eigenvalue weighted by Gasteiger charge is -2.34. The highest BCUT2D eigenvalue weighted by atomic mass is 32.1. The molecule has 0 saturated heterocycles. The number of aromatic hydroxyl groups is 2. The number of benzene rings is 3. The Morgan fingerprint density at radius 1 is 0.929 bits per heavy atom. The standard InChI is InChI=1S/C35H41NO5S/c1-34(2,32-31(41-23-35(32,3)4)25-11-10-12-26(37)20-25)22-40-18-9-5-8-17-39-21-24-15-16-27(29(38)19-24)33-36-28-13-6-7-14-30(28)42-33/h6-7,10-16,19-20,37-38H,5,8-9,17-18,21-23H2,1-4H3. The summed E-state index contributed by atoms with van der Waals surface area (Å²) in [6, 6.07) is 21.0. The Balaban J connectivity index is 1.03. The first-order valence-corrected chi connectivity index (χ1v) is 15.5. The van der Waals surface area contributed by atoms with Crippen LogP contribution in [0.25, 0.3) is 26.5 Å². The zero-order valence-electron chi connectivity index (χ0n) is 25.0. The van der Waals surface area contributed by atoms with Crippen molar-refractivity contribution in [3.05, 3.63) is 83.4 Å². The molecule has 0 amide bonds. The van der Waals surface area contributed by atoms with Crippen molar-refractivity contribution in [2.75, 3.05) is 26.4 Å². The van der Waals surface area contributed by atoms with Crippen LogP contribution in [0.1, 0.15) is 58.1 Å². The van der Waals surface area contributed by atoms with Gasteiger partial charge in [-0.1, -0.05) is 58.0 Å². The number of nitrogens with zero attached hydrogens (tertiary/aromatic N) is 1. The molecule has 0 aliphatic carbocycles. The molecule has 2 heterocycles. The summed E-state index contributed by atoms with van der Waals surface area (Å²) in [5.41, 5.74) is 4.45. The molecule has 1 aromatic heterocycles. The fourth-order valence-corrected chi connectivity index (χ4v) is 6.81. The summed E-state index contributed by atoms with van der Waals surface area (Å²) in [6.07, 6.45) is 2.94. The highest BCUT2D eigenvalue weighted by Crippen LogP contribution is 2.50. The van der Waals surface area contributed by atoms with Gasteiger partial charge < -0.3 is 24.4 Å². The number of phenolic OH excluding ortho intramolecular Hbond substituents is 2. The van der Waals surface area contributed by atoms with E-state index in [9.17, 15) is 10.2 Å². The Kier molecular flexibility index (Phi) is 9.21. The van der Waals surface area contributed by atoms with Crippen molar-refractivity contribution in [1.82, 2.24) is 4.98 Å². The molecule has 0 bridgehead atoms. The highest BCUT2D eigenvalue weighted by Gasteiger charge is 2.43. The van der Waals surface area contributed by atoms with E-state index in [0.717, 1.165) is 56.9 Å². The van der Waals surface area contributed by atoms with Gasteiger partial charge in [0.15, 0.2) is 0 Å². The fraction of sp³-hybridized carbons (Fsp3) is 0.400. The maximum absolute atomic E-state index is 10.6. The zero-order valence-corrected chi connectivity index (χ0v) is 25.8. The number of hydrogen-bond donors (Lipinski definition) is 2. The molecule has 0 radical (unpaired) electrons. The lowest BCUT2D eigenvalue weighted by atomic mass is 9.70. The number of unbranched alkanes of at least 4 members (excludes halogenated alkanes) is 2. The van der Waals surface area contributed by atoms with E-state index in [4.69, 9.17) is 14.2 Å². The maximum atomic E-state index is 10.6. The molecule has 3 aromatic carbocycles. The van der Waals surface area contributed by atoms with Gasteiger partial charge in [-0.3, -0.25) is 0 Å². The van der Waals surface area contributed by atoms with Crippen LogP contribution in [0.15, 0.2) is 72.3 Å². The van der Waals surface area contributed by atoms with Crippen LogP contribution in [0, 0.1) is 10.8 Å². The maximum Gasteiger partial charge on any atom is 0.128 e. The Morgan fingerprint density at radius 2 is 1.71 bits per heavy atom. The smallest absolute Gasteiger partial charge is 0.128 e. The Hall–Kier alpha value is -3.39. The van der Waals surface area contributed by atoms with Crippen LogP contribution < -0.4 is 0 Å². The molecule has 222 valence electrons. The summed E-state index contributed by atoms with van der Waals surface area (Å²) in [4.78, 5) is 4.65. The van der Waals surface area contributed by atoms with Crippen LogP contribution in [-0.2, 0) is 20.8 Å². The first-order chi connectivity index (χ1) is 20.1. The van der Waals surface area contributed by atoms with Crippen LogP contribution in [0.3, 0.4) is 0 Å². The molecule has 4 aromatic rings. The van der Waals surface area contributed by atoms with Gasteiger partial charge in [-0.05, 0) is 66.8 Å². The quantitative estimate of drug-likeness (QED) is 0.153. The average Bonchev–Trinajstić information content (AvgIpc) is 3.52. The van der Waals surface area contributed by atoms with E-state index in [0.29, 0.717) is 33.0 Å². The number of ether oxygens (including phenoxy) is 3. The van der Waals surface area contributed by atoms with E-state index in [1.54, 1.807) is 29.5 Å². The predicted octanol–water partition coefficient (Wildman–Crippen LogP) is 8.57. The van der Waals surface area contributed by atoms with Gasteiger partial charge in [0.1, 0.15) is 22.3 Å². The summed E-state index contributed by atoms with van der Waals surface area (Å²) in [7, 11) is 0. The molecule has 6 nitrogen and oxygen atoms in total. The van der Waals surface area contributed by atoms with Crippen LogP contribution in [-0.4, -0.2) is 41.6 Å². The number of phenols is 2. The second kappa shape index (κ2) is 12.9. The first kappa shape index (κ1) is 30.1. The van der Waals surface area contributed by atoms with Crippen LogP contribution in [0.2, 0.25) is 0 Å². The molecule has 2 N–H and O–H groups in total. The van der Waals surface area contributed by atoms with Crippen molar-refractivity contribution in [3.63, 3.8) is 0 Å². The molecular formula is C35H41NO5S. The molecule has 0 spiro atoms. The molecule has 0 saturated carbocycles. The predicted molar refractivity (Wildman–Crippen MR) is 170 cm³/mol.